The van der Waals surface area contributed by atoms with Crippen LogP contribution in [-0.2, 0) is 6.54 Å². The van der Waals surface area contributed by atoms with E-state index in [2.05, 4.69) is 16.7 Å². The van der Waals surface area contributed by atoms with Crippen LogP contribution in [0.3, 0.4) is 0 Å². The predicted octanol–water partition coefficient (Wildman–Crippen LogP) is 2.61. The van der Waals surface area contributed by atoms with Crippen LogP contribution < -0.4 is 10.9 Å². The van der Waals surface area contributed by atoms with E-state index in [4.69, 9.17) is 11.6 Å². The minimum absolute atomic E-state index is 0.220. The lowest BCUT2D eigenvalue weighted by molar-refractivity contribution is 0.615. The lowest BCUT2D eigenvalue weighted by atomic mass is 10.2. The first kappa shape index (κ1) is 13.7. The van der Waals surface area contributed by atoms with Crippen molar-refractivity contribution in [1.82, 2.24) is 9.78 Å². The second-order valence-electron chi connectivity index (χ2n) is 4.45. The van der Waals surface area contributed by atoms with Crippen LogP contribution in [0.5, 0.6) is 0 Å². The quantitative estimate of drug-likeness (QED) is 0.925. The third kappa shape index (κ3) is 2.67. The molecular weight excluding hydrogens is 270 g/mol. The lowest BCUT2D eigenvalue weighted by Gasteiger charge is -2.20. The molecule has 1 fully saturated rings. The molecule has 1 aliphatic rings. The van der Waals surface area contributed by atoms with Gasteiger partial charge in [0.15, 0.2) is 0 Å². The molecule has 0 saturated heterocycles. The molecule has 0 radical (unpaired) electrons. The Kier molecular flexibility index (Phi) is 4.56. The highest BCUT2D eigenvalue weighted by atomic mass is 35.5. The molecule has 1 saturated carbocycles. The van der Waals surface area contributed by atoms with Gasteiger partial charge in [-0.2, -0.15) is 16.9 Å². The number of thioether (sulfide) groups is 1. The van der Waals surface area contributed by atoms with Crippen LogP contribution >= 0.6 is 23.4 Å². The van der Waals surface area contributed by atoms with E-state index in [1.165, 1.54) is 17.5 Å². The van der Waals surface area contributed by atoms with Gasteiger partial charge in [0.05, 0.1) is 11.9 Å². The molecule has 1 heterocycles. The maximum Gasteiger partial charge on any atom is 0.287 e. The summed E-state index contributed by atoms with van der Waals surface area (Å²) in [5.41, 5.74) is 0.445. The maximum atomic E-state index is 11.9. The molecule has 18 heavy (non-hydrogen) atoms. The molecule has 0 bridgehead atoms. The van der Waals surface area contributed by atoms with Gasteiger partial charge in [-0.3, -0.25) is 4.79 Å². The summed E-state index contributed by atoms with van der Waals surface area (Å²) in [6.07, 6.45) is 7.34. The average Bonchev–Trinajstić information content (AvgIpc) is 2.82. The van der Waals surface area contributed by atoms with Crippen LogP contribution in [-0.4, -0.2) is 27.3 Å². The van der Waals surface area contributed by atoms with Crippen LogP contribution in [0.4, 0.5) is 5.69 Å². The Morgan fingerprint density at radius 2 is 2.39 bits per heavy atom. The number of hydrogen-bond acceptors (Lipinski definition) is 4. The van der Waals surface area contributed by atoms with Gasteiger partial charge in [-0.25, -0.2) is 4.68 Å². The zero-order valence-electron chi connectivity index (χ0n) is 10.6. The zero-order valence-corrected chi connectivity index (χ0v) is 12.2. The Labute approximate surface area is 116 Å². The highest BCUT2D eigenvalue weighted by Crippen LogP contribution is 2.31. The third-order valence-corrected chi connectivity index (χ3v) is 4.92. The number of halogens is 1. The van der Waals surface area contributed by atoms with Crippen molar-refractivity contribution < 1.29 is 0 Å². The van der Waals surface area contributed by atoms with E-state index in [9.17, 15) is 4.79 Å². The molecule has 100 valence electrons. The van der Waals surface area contributed by atoms with Crippen molar-refractivity contribution in [3.05, 3.63) is 21.6 Å². The van der Waals surface area contributed by atoms with Crippen LogP contribution in [0.15, 0.2) is 11.0 Å². The van der Waals surface area contributed by atoms with Gasteiger partial charge in [0.1, 0.15) is 5.02 Å². The van der Waals surface area contributed by atoms with Crippen molar-refractivity contribution >= 4 is 29.1 Å². The SMILES string of the molecule is CCn1ncc(NC2CCCC2SC)c(Cl)c1=O. The summed E-state index contributed by atoms with van der Waals surface area (Å²) >= 11 is 7.97. The van der Waals surface area contributed by atoms with Crippen molar-refractivity contribution in [3.63, 3.8) is 0 Å². The van der Waals surface area contributed by atoms with Gasteiger partial charge in [-0.1, -0.05) is 18.0 Å². The highest BCUT2D eigenvalue weighted by molar-refractivity contribution is 7.99. The van der Waals surface area contributed by atoms with Gasteiger partial charge < -0.3 is 5.32 Å². The Morgan fingerprint density at radius 3 is 3.06 bits per heavy atom. The van der Waals surface area contributed by atoms with Crippen LogP contribution in [0.25, 0.3) is 0 Å². The van der Waals surface area contributed by atoms with Gasteiger partial charge in [0.2, 0.25) is 0 Å². The van der Waals surface area contributed by atoms with Crippen molar-refractivity contribution in [2.75, 3.05) is 11.6 Å². The number of nitrogens with one attached hydrogen (secondary N) is 1. The first-order valence-corrected chi connectivity index (χ1v) is 7.89. The van der Waals surface area contributed by atoms with Crippen molar-refractivity contribution in [1.29, 1.82) is 0 Å². The maximum absolute atomic E-state index is 11.9. The summed E-state index contributed by atoms with van der Waals surface area (Å²) in [5.74, 6) is 0. The van der Waals surface area contributed by atoms with Gasteiger partial charge in [-0.05, 0) is 26.0 Å². The number of hydrogen-bond donors (Lipinski definition) is 1. The summed E-state index contributed by atoms with van der Waals surface area (Å²) in [6.45, 7) is 2.41. The monoisotopic (exact) mass is 287 g/mol. The lowest BCUT2D eigenvalue weighted by Crippen LogP contribution is -2.29. The molecule has 1 aliphatic carbocycles. The fraction of sp³-hybridized carbons (Fsp3) is 0.667. The molecule has 0 aromatic carbocycles. The van der Waals surface area contributed by atoms with Crippen molar-refractivity contribution in [3.8, 4) is 0 Å². The molecule has 4 nitrogen and oxygen atoms in total. The molecule has 0 spiro atoms. The second-order valence-corrected chi connectivity index (χ2v) is 5.90. The molecule has 2 rings (SSSR count). The number of aromatic nitrogens is 2. The average molecular weight is 288 g/mol. The van der Waals surface area contributed by atoms with E-state index < -0.39 is 0 Å². The predicted molar refractivity (Wildman–Crippen MR) is 77.7 cm³/mol. The molecule has 1 aromatic rings. The molecule has 1 N–H and O–H groups in total. The first-order valence-electron chi connectivity index (χ1n) is 6.22. The van der Waals surface area contributed by atoms with E-state index in [1.54, 1.807) is 6.20 Å². The van der Waals surface area contributed by atoms with Crippen molar-refractivity contribution in [2.24, 2.45) is 0 Å². The second kappa shape index (κ2) is 5.97. The molecular formula is C12H18ClN3OS. The molecule has 1 aromatic heterocycles. The molecule has 2 unspecified atom stereocenters. The van der Waals surface area contributed by atoms with E-state index in [1.807, 2.05) is 18.7 Å². The van der Waals surface area contributed by atoms with Crippen LogP contribution in [0, 0.1) is 0 Å². The summed E-state index contributed by atoms with van der Waals surface area (Å²) in [6, 6.07) is 0.385. The van der Waals surface area contributed by atoms with E-state index in [-0.39, 0.29) is 10.6 Å². The van der Waals surface area contributed by atoms with E-state index in [0.717, 1.165) is 6.42 Å². The van der Waals surface area contributed by atoms with Gasteiger partial charge in [0.25, 0.3) is 5.56 Å². The molecule has 0 amide bonds. The van der Waals surface area contributed by atoms with Crippen molar-refractivity contribution in [2.45, 2.75) is 44.0 Å². The standard InChI is InChI=1S/C12H18ClN3OS/c1-3-16-12(17)11(13)9(7-14-16)15-8-5-4-6-10(8)18-2/h7-8,10,15H,3-6H2,1-2H3. The largest absolute Gasteiger partial charge is 0.379 e. The summed E-state index contributed by atoms with van der Waals surface area (Å²) in [7, 11) is 0. The topological polar surface area (TPSA) is 46.9 Å². The minimum atomic E-state index is -0.220. The Bertz CT molecular complexity index is 477. The Balaban J connectivity index is 2.19. The Hall–Kier alpha value is -0.680. The number of rotatable bonds is 4. The van der Waals surface area contributed by atoms with Gasteiger partial charge in [0, 0.05) is 17.8 Å². The smallest absolute Gasteiger partial charge is 0.287 e. The fourth-order valence-corrected chi connectivity index (χ4v) is 3.50. The number of anilines is 1. The summed E-state index contributed by atoms with van der Waals surface area (Å²) in [4.78, 5) is 11.9. The molecule has 0 aliphatic heterocycles. The van der Waals surface area contributed by atoms with E-state index >= 15 is 0 Å². The van der Waals surface area contributed by atoms with Crippen LogP contribution in [0.1, 0.15) is 26.2 Å². The minimum Gasteiger partial charge on any atom is -0.379 e. The summed E-state index contributed by atoms with van der Waals surface area (Å²) in [5, 5.41) is 8.32. The van der Waals surface area contributed by atoms with Crippen LogP contribution in [0.2, 0.25) is 5.02 Å². The first-order chi connectivity index (χ1) is 8.67. The highest BCUT2D eigenvalue weighted by Gasteiger charge is 2.27. The summed E-state index contributed by atoms with van der Waals surface area (Å²) < 4.78 is 1.37. The number of nitrogens with zero attached hydrogens (tertiary/aromatic N) is 2. The third-order valence-electron chi connectivity index (χ3n) is 3.38. The molecule has 6 heteroatoms. The van der Waals surface area contributed by atoms with Gasteiger partial charge >= 0.3 is 0 Å². The van der Waals surface area contributed by atoms with Gasteiger partial charge in [-0.15, -0.1) is 0 Å². The Morgan fingerprint density at radius 1 is 1.61 bits per heavy atom. The van der Waals surface area contributed by atoms with E-state index in [0.29, 0.717) is 23.5 Å². The molecule has 2 atom stereocenters. The fourth-order valence-electron chi connectivity index (χ4n) is 2.36. The number of aryl methyl sites for hydroxylation is 1. The zero-order chi connectivity index (χ0) is 13.1. The normalized spacial score (nSPS) is 23.3.